The molecule has 0 bridgehead atoms. The summed E-state index contributed by atoms with van der Waals surface area (Å²) in [7, 11) is 0. The van der Waals surface area contributed by atoms with E-state index < -0.39 is 140 Å². The highest BCUT2D eigenvalue weighted by Crippen LogP contribution is 2.73. The molecule has 3 heterocycles. The number of fused-ring (bicyclic) bond motifs is 4. The first-order valence-electron chi connectivity index (χ1n) is 24.9. The van der Waals surface area contributed by atoms with Crippen LogP contribution in [-0.4, -0.2) is 180 Å². The lowest BCUT2D eigenvalue weighted by atomic mass is 9.43. The van der Waals surface area contributed by atoms with E-state index in [0.717, 1.165) is 37.7 Å². The van der Waals surface area contributed by atoms with E-state index in [0.29, 0.717) is 38.0 Å². The minimum atomic E-state index is -1.92. The molecule has 3 saturated heterocycles. The molecule has 390 valence electrons. The fourth-order valence-corrected chi connectivity index (χ4v) is 14.2. The van der Waals surface area contributed by atoms with E-state index in [1.165, 1.54) is 11.1 Å². The lowest BCUT2D eigenvalue weighted by Gasteiger charge is -2.62. The van der Waals surface area contributed by atoms with Gasteiger partial charge in [-0.25, -0.2) is 0 Å². The van der Waals surface area contributed by atoms with Gasteiger partial charge in [-0.15, -0.1) is 0 Å². The number of carbonyl (C=O) groups is 1. The predicted octanol–water partition coefficient (Wildman–Crippen LogP) is 1.65. The molecule has 0 amide bonds. The molecule has 11 N–H and O–H groups in total. The van der Waals surface area contributed by atoms with E-state index in [2.05, 4.69) is 62.0 Å². The second-order valence-electron chi connectivity index (χ2n) is 23.4. The topological polar surface area (TPSA) is 295 Å². The molecule has 18 heteroatoms. The van der Waals surface area contributed by atoms with E-state index in [4.69, 9.17) is 28.4 Å². The summed E-state index contributed by atoms with van der Waals surface area (Å²) in [6.07, 6.45) is -18.7. The first-order valence-corrected chi connectivity index (χ1v) is 24.9. The minimum absolute atomic E-state index is 0.00367. The average Bonchev–Trinajstić information content (AvgIpc) is 3.62. The molecule has 2 saturated carbocycles. The highest BCUT2D eigenvalue weighted by molar-refractivity contribution is 5.82. The Labute approximate surface area is 400 Å². The lowest BCUT2D eigenvalue weighted by molar-refractivity contribution is -0.399. The van der Waals surface area contributed by atoms with Crippen LogP contribution in [0.5, 0.6) is 0 Å². The maximum atomic E-state index is 14.0. The quantitative estimate of drug-likeness (QED) is 0.110. The second-order valence-corrected chi connectivity index (χ2v) is 23.4. The molecule has 0 aromatic rings. The number of carboxylic acids is 1. The van der Waals surface area contributed by atoms with E-state index in [9.17, 15) is 61.0 Å². The molecule has 0 aromatic heterocycles. The number of hydrogen-bond acceptors (Lipinski definition) is 17. The zero-order valence-corrected chi connectivity index (χ0v) is 41.1. The van der Waals surface area contributed by atoms with Gasteiger partial charge in [0.2, 0.25) is 0 Å². The Morgan fingerprint density at radius 2 is 1.21 bits per heavy atom. The maximum Gasteiger partial charge on any atom is 0.314 e. The zero-order chi connectivity index (χ0) is 50.2. The Balaban J connectivity index is 1.18. The highest BCUT2D eigenvalue weighted by Gasteiger charge is 2.69. The van der Waals surface area contributed by atoms with Gasteiger partial charge in [-0.2, -0.15) is 0 Å². The van der Waals surface area contributed by atoms with Crippen molar-refractivity contribution in [2.45, 2.75) is 218 Å². The van der Waals surface area contributed by atoms with Crippen molar-refractivity contribution in [3.8, 4) is 0 Å². The van der Waals surface area contributed by atoms with Crippen LogP contribution in [0, 0.1) is 44.8 Å². The van der Waals surface area contributed by atoms with Crippen molar-refractivity contribution >= 4 is 5.97 Å². The summed E-state index contributed by atoms with van der Waals surface area (Å²) in [5.74, 6) is -0.170. The van der Waals surface area contributed by atoms with Crippen LogP contribution in [0.2, 0.25) is 0 Å². The summed E-state index contributed by atoms with van der Waals surface area (Å²) in [5, 5.41) is 118. The van der Waals surface area contributed by atoms with E-state index in [-0.39, 0.29) is 22.7 Å². The monoisotopic (exact) mass is 971 g/mol. The van der Waals surface area contributed by atoms with Crippen molar-refractivity contribution in [2.75, 3.05) is 19.8 Å². The first-order chi connectivity index (χ1) is 31.7. The fourth-order valence-electron chi connectivity index (χ4n) is 14.2. The van der Waals surface area contributed by atoms with Crippen LogP contribution in [-0.2, 0) is 33.2 Å². The first kappa shape index (κ1) is 54.1. The fraction of sp³-hybridized carbons (Fsp3) is 0.900. The molecule has 5 fully saturated rings. The third kappa shape index (κ3) is 8.99. The molecule has 0 radical (unpaired) electrons. The van der Waals surface area contributed by atoms with Crippen LogP contribution in [0.4, 0.5) is 0 Å². The standard InChI is InChI=1S/C50H82O18/c1-23(10-11-24(2)46(3,4)5)25-15-19-50(45(61)62)27-12-13-31-47(6,7)32(16-17-48(31,8)26(27)14-18-49(25,50)9)66-44-41(68-43-39(60)37(58)34(55)29(21-52)64-43)40(35(56)30(22-53)65-44)67-42-38(59)36(57)33(54)28(20-51)63-42/h23,25,28-44,51-60H,2,10-22H2,1,3-9H3,(H,61,62)/t23-,25-,28-,29-,30-,31+,32+,33+,34+,35+,36+,37+,38-,39-,40+,41-,42+,43+,44+,48-,49-,50+/m1/s1. The molecule has 0 unspecified atom stereocenters. The van der Waals surface area contributed by atoms with Crippen LogP contribution in [0.15, 0.2) is 23.3 Å². The van der Waals surface area contributed by atoms with Crippen LogP contribution in [0.1, 0.15) is 120 Å². The number of rotatable bonds is 14. The second kappa shape index (κ2) is 20.0. The molecule has 0 aromatic carbocycles. The van der Waals surface area contributed by atoms with Crippen LogP contribution >= 0.6 is 0 Å². The van der Waals surface area contributed by atoms with E-state index in [1.54, 1.807) is 0 Å². The van der Waals surface area contributed by atoms with Crippen molar-refractivity contribution in [1.82, 2.24) is 0 Å². The number of allylic oxidation sites excluding steroid dienone is 2. The number of carboxylic acid groups (broad SMARTS) is 1. The van der Waals surface area contributed by atoms with Gasteiger partial charge in [0.05, 0.1) is 31.3 Å². The summed E-state index contributed by atoms with van der Waals surface area (Å²) in [5.41, 5.74) is 1.14. The third-order valence-electron chi connectivity index (χ3n) is 18.6. The lowest BCUT2D eigenvalue weighted by Crippen LogP contribution is -2.68. The van der Waals surface area contributed by atoms with Gasteiger partial charge in [-0.1, -0.05) is 78.7 Å². The number of aliphatic hydroxyl groups is 10. The van der Waals surface area contributed by atoms with Gasteiger partial charge in [-0.05, 0) is 104 Å². The van der Waals surface area contributed by atoms with E-state index in [1.807, 2.05) is 0 Å². The molecule has 3 aliphatic heterocycles. The summed E-state index contributed by atoms with van der Waals surface area (Å²) in [6.45, 7) is 19.6. The summed E-state index contributed by atoms with van der Waals surface area (Å²) >= 11 is 0. The van der Waals surface area contributed by atoms with E-state index >= 15 is 0 Å². The molecule has 0 spiro atoms. The van der Waals surface area contributed by atoms with Crippen molar-refractivity contribution in [3.05, 3.63) is 23.3 Å². The van der Waals surface area contributed by atoms with Crippen molar-refractivity contribution in [3.63, 3.8) is 0 Å². The summed E-state index contributed by atoms with van der Waals surface area (Å²) in [6, 6.07) is 0. The third-order valence-corrected chi connectivity index (χ3v) is 18.6. The number of aliphatic hydroxyl groups excluding tert-OH is 10. The average molecular weight is 971 g/mol. The smallest absolute Gasteiger partial charge is 0.314 e. The number of ether oxygens (including phenoxy) is 6. The van der Waals surface area contributed by atoms with Crippen LogP contribution < -0.4 is 0 Å². The van der Waals surface area contributed by atoms with Crippen molar-refractivity contribution in [1.29, 1.82) is 0 Å². The SMILES string of the molecule is C=C(CC[C@@H](C)[C@H]1CC[C@@]2(C(=O)O)C3=C(CC[C@]12C)[C@@]1(C)CC[C@H](O[C@@H]2O[C@H](CO)[C@H](O)[C@H](O[C@@H]4O[C@H](CO)[C@H](O)[C@H](O)[C@H]4O)[C@H]2O[C@@H]2O[C@H](CO)[C@H](O)[C@H](O)[C@H]2O)C(C)(C)[C@@H]1CC3)C(C)(C)C. The maximum absolute atomic E-state index is 14.0. The predicted molar refractivity (Wildman–Crippen MR) is 242 cm³/mol. The molecule has 22 atom stereocenters. The molecule has 68 heavy (non-hydrogen) atoms. The Morgan fingerprint density at radius 1 is 0.676 bits per heavy atom. The van der Waals surface area contributed by atoms with Crippen LogP contribution in [0.25, 0.3) is 0 Å². The van der Waals surface area contributed by atoms with Gasteiger partial charge in [0.1, 0.15) is 73.2 Å². The van der Waals surface area contributed by atoms with Gasteiger partial charge >= 0.3 is 5.97 Å². The van der Waals surface area contributed by atoms with Gasteiger partial charge in [0.25, 0.3) is 0 Å². The Bertz CT molecular complexity index is 1830. The molecule has 7 rings (SSSR count). The largest absolute Gasteiger partial charge is 0.481 e. The molecular formula is C50H82O18. The molecule has 4 aliphatic carbocycles. The molecular weight excluding hydrogens is 889 g/mol. The van der Waals surface area contributed by atoms with Gasteiger partial charge < -0.3 is 84.6 Å². The Morgan fingerprint density at radius 3 is 1.74 bits per heavy atom. The number of hydrogen-bond donors (Lipinski definition) is 11. The zero-order valence-electron chi connectivity index (χ0n) is 41.1. The Kier molecular flexibility index (Phi) is 15.9. The summed E-state index contributed by atoms with van der Waals surface area (Å²) in [4.78, 5) is 14.0. The Hall–Kier alpha value is -1.69. The van der Waals surface area contributed by atoms with Gasteiger partial charge in [0, 0.05) is 0 Å². The normalized spacial score (nSPS) is 47.7. The molecule has 18 nitrogen and oxygen atoms in total. The highest BCUT2D eigenvalue weighted by atomic mass is 16.8. The van der Waals surface area contributed by atoms with Gasteiger partial charge in [0.15, 0.2) is 18.9 Å². The van der Waals surface area contributed by atoms with Gasteiger partial charge in [-0.3, -0.25) is 4.79 Å². The molecule has 7 aliphatic rings. The van der Waals surface area contributed by atoms with Crippen molar-refractivity contribution in [2.24, 2.45) is 44.8 Å². The minimum Gasteiger partial charge on any atom is -0.481 e. The van der Waals surface area contributed by atoms with Crippen LogP contribution in [0.3, 0.4) is 0 Å². The summed E-state index contributed by atoms with van der Waals surface area (Å²) < 4.78 is 36.9. The van der Waals surface area contributed by atoms with Crippen molar-refractivity contribution < 1.29 is 89.4 Å². The number of aliphatic carboxylic acids is 1.